The molecule has 0 saturated carbocycles. The molecule has 0 aromatic heterocycles. The van der Waals surface area contributed by atoms with Crippen LogP contribution < -0.4 is 0 Å². The highest BCUT2D eigenvalue weighted by Gasteiger charge is 2.04. The normalized spacial score (nSPS) is 10.5. The molecule has 0 atom stereocenters. The first kappa shape index (κ1) is 11.6. The van der Waals surface area contributed by atoms with Gasteiger partial charge in [0.05, 0.1) is 0 Å². The molecule has 17 heavy (non-hydrogen) atoms. The van der Waals surface area contributed by atoms with Gasteiger partial charge in [0.1, 0.15) is 0 Å². The standard InChI is InChI=1S/C16H16O/c1-12(2)13-7-9-14(10-8-13)16-6-4-3-5-15(16)11-17/h3-12H,1-2H3. The first-order valence-electron chi connectivity index (χ1n) is 5.87. The summed E-state index contributed by atoms with van der Waals surface area (Å²) in [5, 5.41) is 0. The zero-order valence-corrected chi connectivity index (χ0v) is 10.2. The maximum absolute atomic E-state index is 11.0. The Kier molecular flexibility index (Phi) is 3.38. The highest BCUT2D eigenvalue weighted by Crippen LogP contribution is 2.24. The van der Waals surface area contributed by atoms with Gasteiger partial charge < -0.3 is 0 Å². The average Bonchev–Trinajstić information content (AvgIpc) is 2.39. The Balaban J connectivity index is 2.43. The summed E-state index contributed by atoms with van der Waals surface area (Å²) in [6, 6.07) is 16.1. The van der Waals surface area contributed by atoms with E-state index in [1.54, 1.807) is 0 Å². The summed E-state index contributed by atoms with van der Waals surface area (Å²) in [6.07, 6.45) is 0.908. The minimum absolute atomic E-state index is 0.533. The molecule has 0 unspecified atom stereocenters. The maximum atomic E-state index is 11.0. The van der Waals surface area contributed by atoms with Crippen molar-refractivity contribution in [3.63, 3.8) is 0 Å². The molecular formula is C16H16O. The van der Waals surface area contributed by atoms with Crippen LogP contribution in [0.4, 0.5) is 0 Å². The maximum Gasteiger partial charge on any atom is 0.150 e. The van der Waals surface area contributed by atoms with Crippen molar-refractivity contribution in [3.05, 3.63) is 59.7 Å². The SMILES string of the molecule is CC(C)c1ccc(-c2ccccc2C=O)cc1. The molecule has 2 aromatic carbocycles. The van der Waals surface area contributed by atoms with Gasteiger partial charge in [-0.15, -0.1) is 0 Å². The first-order valence-corrected chi connectivity index (χ1v) is 5.87. The smallest absolute Gasteiger partial charge is 0.150 e. The van der Waals surface area contributed by atoms with Crippen molar-refractivity contribution < 1.29 is 4.79 Å². The lowest BCUT2D eigenvalue weighted by Gasteiger charge is -2.08. The fraction of sp³-hybridized carbons (Fsp3) is 0.188. The second-order valence-electron chi connectivity index (χ2n) is 4.48. The lowest BCUT2D eigenvalue weighted by Crippen LogP contribution is -1.89. The Labute approximate surface area is 102 Å². The van der Waals surface area contributed by atoms with Crippen LogP contribution in [0.15, 0.2) is 48.5 Å². The summed E-state index contributed by atoms with van der Waals surface area (Å²) >= 11 is 0. The molecule has 0 amide bonds. The van der Waals surface area contributed by atoms with Gasteiger partial charge in [0, 0.05) is 5.56 Å². The van der Waals surface area contributed by atoms with E-state index in [2.05, 4.69) is 38.1 Å². The Morgan fingerprint density at radius 3 is 2.18 bits per heavy atom. The fourth-order valence-corrected chi connectivity index (χ4v) is 1.91. The van der Waals surface area contributed by atoms with Crippen LogP contribution in [-0.4, -0.2) is 6.29 Å². The van der Waals surface area contributed by atoms with Crippen LogP contribution in [-0.2, 0) is 0 Å². The van der Waals surface area contributed by atoms with Crippen LogP contribution in [0.2, 0.25) is 0 Å². The van der Waals surface area contributed by atoms with Gasteiger partial charge in [-0.05, 0) is 22.6 Å². The van der Waals surface area contributed by atoms with Crippen molar-refractivity contribution in [2.24, 2.45) is 0 Å². The van der Waals surface area contributed by atoms with Crippen LogP contribution in [0.25, 0.3) is 11.1 Å². The van der Waals surface area contributed by atoms with Gasteiger partial charge in [0.25, 0.3) is 0 Å². The summed E-state index contributed by atoms with van der Waals surface area (Å²) in [4.78, 5) is 11.0. The number of rotatable bonds is 3. The van der Waals surface area contributed by atoms with Gasteiger partial charge in [0.15, 0.2) is 6.29 Å². The lowest BCUT2D eigenvalue weighted by atomic mass is 9.96. The molecule has 0 aliphatic rings. The van der Waals surface area contributed by atoms with E-state index in [1.165, 1.54) is 5.56 Å². The van der Waals surface area contributed by atoms with Crippen LogP contribution in [0, 0.1) is 0 Å². The van der Waals surface area contributed by atoms with Crippen molar-refractivity contribution in [1.82, 2.24) is 0 Å². The predicted octanol–water partition coefficient (Wildman–Crippen LogP) is 4.29. The summed E-state index contributed by atoms with van der Waals surface area (Å²) in [6.45, 7) is 4.35. The van der Waals surface area contributed by atoms with Crippen molar-refractivity contribution in [1.29, 1.82) is 0 Å². The molecule has 0 bridgehead atoms. The van der Waals surface area contributed by atoms with Crippen LogP contribution >= 0.6 is 0 Å². The van der Waals surface area contributed by atoms with E-state index in [9.17, 15) is 4.79 Å². The summed E-state index contributed by atoms with van der Waals surface area (Å²) in [5.41, 5.74) is 4.15. The van der Waals surface area contributed by atoms with Crippen molar-refractivity contribution in [2.75, 3.05) is 0 Å². The highest BCUT2D eigenvalue weighted by atomic mass is 16.1. The number of carbonyl (C=O) groups excluding carboxylic acids is 1. The second kappa shape index (κ2) is 4.96. The fourth-order valence-electron chi connectivity index (χ4n) is 1.91. The Hall–Kier alpha value is -1.89. The quantitative estimate of drug-likeness (QED) is 0.711. The number of carbonyl (C=O) groups is 1. The van der Waals surface area contributed by atoms with E-state index in [4.69, 9.17) is 0 Å². The highest BCUT2D eigenvalue weighted by molar-refractivity contribution is 5.87. The lowest BCUT2D eigenvalue weighted by molar-refractivity contribution is 0.112. The summed E-state index contributed by atoms with van der Waals surface area (Å²) in [5.74, 6) is 0.533. The molecule has 0 heterocycles. The van der Waals surface area contributed by atoms with Crippen molar-refractivity contribution >= 4 is 6.29 Å². The van der Waals surface area contributed by atoms with Gasteiger partial charge in [-0.25, -0.2) is 0 Å². The largest absolute Gasteiger partial charge is 0.298 e. The van der Waals surface area contributed by atoms with Crippen molar-refractivity contribution in [3.8, 4) is 11.1 Å². The molecule has 86 valence electrons. The summed E-state index contributed by atoms with van der Waals surface area (Å²) in [7, 11) is 0. The molecule has 1 heteroatoms. The van der Waals surface area contributed by atoms with E-state index in [0.29, 0.717) is 5.92 Å². The van der Waals surface area contributed by atoms with Gasteiger partial charge in [-0.1, -0.05) is 62.4 Å². The monoisotopic (exact) mass is 224 g/mol. The number of benzene rings is 2. The third-order valence-corrected chi connectivity index (χ3v) is 2.98. The molecule has 0 saturated heterocycles. The van der Waals surface area contributed by atoms with E-state index in [-0.39, 0.29) is 0 Å². The molecular weight excluding hydrogens is 208 g/mol. The third-order valence-electron chi connectivity index (χ3n) is 2.98. The molecule has 2 aromatic rings. The van der Waals surface area contributed by atoms with Crippen LogP contribution in [0.5, 0.6) is 0 Å². The zero-order valence-electron chi connectivity index (χ0n) is 10.2. The molecule has 0 fully saturated rings. The number of aldehydes is 1. The Morgan fingerprint density at radius 1 is 0.941 bits per heavy atom. The molecule has 0 aliphatic heterocycles. The average molecular weight is 224 g/mol. The molecule has 0 radical (unpaired) electrons. The van der Waals surface area contributed by atoms with Crippen LogP contribution in [0.3, 0.4) is 0 Å². The molecule has 0 spiro atoms. The van der Waals surface area contributed by atoms with Gasteiger partial charge >= 0.3 is 0 Å². The predicted molar refractivity (Wildman–Crippen MR) is 71.4 cm³/mol. The minimum Gasteiger partial charge on any atom is -0.298 e. The topological polar surface area (TPSA) is 17.1 Å². The van der Waals surface area contributed by atoms with Crippen molar-refractivity contribution in [2.45, 2.75) is 19.8 Å². The van der Waals surface area contributed by atoms with Gasteiger partial charge in [-0.3, -0.25) is 4.79 Å². The Bertz CT molecular complexity index is 509. The van der Waals surface area contributed by atoms with E-state index in [1.807, 2.05) is 24.3 Å². The molecule has 2 rings (SSSR count). The van der Waals surface area contributed by atoms with E-state index < -0.39 is 0 Å². The first-order chi connectivity index (χ1) is 8.22. The second-order valence-corrected chi connectivity index (χ2v) is 4.48. The molecule has 0 aliphatic carbocycles. The van der Waals surface area contributed by atoms with E-state index >= 15 is 0 Å². The third kappa shape index (κ3) is 2.44. The molecule has 1 nitrogen and oxygen atoms in total. The van der Waals surface area contributed by atoms with E-state index in [0.717, 1.165) is 23.0 Å². The zero-order chi connectivity index (χ0) is 12.3. The van der Waals surface area contributed by atoms with Crippen LogP contribution in [0.1, 0.15) is 35.7 Å². The molecule has 0 N–H and O–H groups in total. The number of hydrogen-bond donors (Lipinski definition) is 0. The van der Waals surface area contributed by atoms with Gasteiger partial charge in [0.2, 0.25) is 0 Å². The summed E-state index contributed by atoms with van der Waals surface area (Å²) < 4.78 is 0. The number of hydrogen-bond acceptors (Lipinski definition) is 1. The minimum atomic E-state index is 0.533. The van der Waals surface area contributed by atoms with Gasteiger partial charge in [-0.2, -0.15) is 0 Å². The Morgan fingerprint density at radius 2 is 1.59 bits per heavy atom.